The minimum atomic E-state index is -0.554. The van der Waals surface area contributed by atoms with Gasteiger partial charge in [-0.15, -0.1) is 0 Å². The number of amides is 1. The molecular formula is C17H20FN3O2. The maximum atomic E-state index is 14.3. The molecule has 1 aromatic carbocycles. The van der Waals surface area contributed by atoms with Crippen molar-refractivity contribution in [2.24, 2.45) is 0 Å². The van der Waals surface area contributed by atoms with E-state index in [1.807, 2.05) is 13.8 Å². The summed E-state index contributed by atoms with van der Waals surface area (Å²) in [5.74, 6) is -0.974. The van der Waals surface area contributed by atoms with Crippen molar-refractivity contribution in [2.75, 3.05) is 6.61 Å². The molecule has 0 radical (unpaired) electrons. The average Bonchev–Trinajstić information content (AvgIpc) is 2.99. The highest BCUT2D eigenvalue weighted by Crippen LogP contribution is 2.25. The van der Waals surface area contributed by atoms with Gasteiger partial charge in [-0.25, -0.2) is 9.07 Å². The number of rotatable bonds is 3. The van der Waals surface area contributed by atoms with Crippen molar-refractivity contribution < 1.29 is 13.9 Å². The summed E-state index contributed by atoms with van der Waals surface area (Å²) in [5.41, 5.74) is 0.162. The molecule has 3 rings (SSSR count). The van der Waals surface area contributed by atoms with Gasteiger partial charge in [0.1, 0.15) is 11.4 Å². The number of hydrogen-bond acceptors (Lipinski definition) is 3. The lowest BCUT2D eigenvalue weighted by atomic mass is 9.93. The molecule has 5 nitrogen and oxygen atoms in total. The van der Waals surface area contributed by atoms with Crippen LogP contribution in [0.3, 0.4) is 0 Å². The zero-order valence-electron chi connectivity index (χ0n) is 13.3. The van der Waals surface area contributed by atoms with E-state index >= 15 is 0 Å². The van der Waals surface area contributed by atoms with Crippen molar-refractivity contribution >= 4 is 5.91 Å². The van der Waals surface area contributed by atoms with E-state index in [1.165, 1.54) is 10.7 Å². The quantitative estimate of drug-likeness (QED) is 0.947. The predicted molar refractivity (Wildman–Crippen MR) is 84.0 cm³/mol. The van der Waals surface area contributed by atoms with Crippen LogP contribution in [0.4, 0.5) is 4.39 Å². The molecule has 2 aromatic rings. The Morgan fingerprint density at radius 1 is 1.43 bits per heavy atom. The van der Waals surface area contributed by atoms with E-state index in [1.54, 1.807) is 30.6 Å². The van der Waals surface area contributed by atoms with Gasteiger partial charge in [0, 0.05) is 25.0 Å². The first-order chi connectivity index (χ1) is 11.0. The summed E-state index contributed by atoms with van der Waals surface area (Å²) in [6, 6.07) is 6.24. The number of halogens is 1. The summed E-state index contributed by atoms with van der Waals surface area (Å²) in [6.45, 7) is 4.56. The van der Waals surface area contributed by atoms with Gasteiger partial charge in [0.15, 0.2) is 0 Å². The van der Waals surface area contributed by atoms with E-state index < -0.39 is 11.7 Å². The molecule has 1 aromatic heterocycles. The van der Waals surface area contributed by atoms with Crippen LogP contribution in [0.5, 0.6) is 0 Å². The SMILES string of the molecule is CC1(C)CC(NC(=O)c2c(F)cccc2-n2cccn2)CCO1. The highest BCUT2D eigenvalue weighted by atomic mass is 19.1. The molecule has 23 heavy (non-hydrogen) atoms. The van der Waals surface area contributed by atoms with E-state index in [-0.39, 0.29) is 17.2 Å². The van der Waals surface area contributed by atoms with E-state index in [2.05, 4.69) is 10.4 Å². The normalized spacial score (nSPS) is 20.2. The van der Waals surface area contributed by atoms with Crippen LogP contribution in [0.15, 0.2) is 36.7 Å². The first kappa shape index (κ1) is 15.7. The summed E-state index contributed by atoms with van der Waals surface area (Å²) in [5, 5.41) is 7.02. The Bertz CT molecular complexity index is 698. The number of nitrogens with one attached hydrogen (secondary N) is 1. The van der Waals surface area contributed by atoms with Gasteiger partial charge < -0.3 is 10.1 Å². The largest absolute Gasteiger partial charge is 0.375 e. The molecule has 1 aliphatic rings. The minimum Gasteiger partial charge on any atom is -0.375 e. The second-order valence-electron chi connectivity index (χ2n) is 6.36. The van der Waals surface area contributed by atoms with Crippen LogP contribution in [0.1, 0.15) is 37.0 Å². The second kappa shape index (κ2) is 6.12. The van der Waals surface area contributed by atoms with Crippen molar-refractivity contribution in [2.45, 2.75) is 38.3 Å². The Kier molecular flexibility index (Phi) is 4.17. The fourth-order valence-electron chi connectivity index (χ4n) is 2.95. The average molecular weight is 317 g/mol. The number of aromatic nitrogens is 2. The van der Waals surface area contributed by atoms with E-state index in [0.717, 1.165) is 6.42 Å². The lowest BCUT2D eigenvalue weighted by molar-refractivity contribution is -0.0615. The summed E-state index contributed by atoms with van der Waals surface area (Å²) in [4.78, 5) is 12.6. The summed E-state index contributed by atoms with van der Waals surface area (Å²) in [6.07, 6.45) is 4.70. The first-order valence-electron chi connectivity index (χ1n) is 7.70. The molecule has 122 valence electrons. The Balaban J connectivity index is 1.85. The van der Waals surface area contributed by atoms with Crippen LogP contribution < -0.4 is 5.32 Å². The molecule has 1 unspecified atom stereocenters. The molecular weight excluding hydrogens is 297 g/mol. The van der Waals surface area contributed by atoms with Crippen molar-refractivity contribution in [1.82, 2.24) is 15.1 Å². The lowest BCUT2D eigenvalue weighted by Gasteiger charge is -2.35. The second-order valence-corrected chi connectivity index (χ2v) is 6.36. The van der Waals surface area contributed by atoms with E-state index in [0.29, 0.717) is 18.7 Å². The van der Waals surface area contributed by atoms with Gasteiger partial charge in [-0.3, -0.25) is 4.79 Å². The van der Waals surface area contributed by atoms with Gasteiger partial charge in [0.2, 0.25) is 0 Å². The standard InChI is InChI=1S/C17H20FN3O2/c1-17(2)11-12(7-10-23-17)20-16(22)15-13(18)5-3-6-14(15)21-9-4-8-19-21/h3-6,8-9,12H,7,10-11H2,1-2H3,(H,20,22). The number of nitrogens with zero attached hydrogens (tertiary/aromatic N) is 2. The molecule has 1 N–H and O–H groups in total. The van der Waals surface area contributed by atoms with Crippen molar-refractivity contribution in [3.05, 3.63) is 48.0 Å². The zero-order valence-corrected chi connectivity index (χ0v) is 13.3. The molecule has 1 fully saturated rings. The highest BCUT2D eigenvalue weighted by Gasteiger charge is 2.30. The Labute approximate surface area is 134 Å². The Morgan fingerprint density at radius 2 is 2.26 bits per heavy atom. The minimum absolute atomic E-state index is 0.0143. The number of ether oxygens (including phenoxy) is 1. The monoisotopic (exact) mass is 317 g/mol. The molecule has 0 saturated carbocycles. The number of benzene rings is 1. The van der Waals surface area contributed by atoms with Gasteiger partial charge in [-0.05, 0) is 44.9 Å². The maximum Gasteiger partial charge on any atom is 0.256 e. The predicted octanol–water partition coefficient (Wildman–Crippen LogP) is 2.70. The molecule has 0 spiro atoms. The van der Waals surface area contributed by atoms with Crippen LogP contribution in [0.25, 0.3) is 5.69 Å². The van der Waals surface area contributed by atoms with Gasteiger partial charge in [0.05, 0.1) is 11.3 Å². The molecule has 2 heterocycles. The molecule has 0 bridgehead atoms. The number of carbonyl (C=O) groups is 1. The lowest BCUT2D eigenvalue weighted by Crippen LogP contribution is -2.46. The highest BCUT2D eigenvalue weighted by molar-refractivity contribution is 5.98. The summed E-state index contributed by atoms with van der Waals surface area (Å²) < 4.78 is 21.4. The first-order valence-corrected chi connectivity index (χ1v) is 7.70. The molecule has 0 aliphatic carbocycles. The van der Waals surface area contributed by atoms with Gasteiger partial charge in [-0.1, -0.05) is 6.07 Å². The van der Waals surface area contributed by atoms with Crippen LogP contribution in [-0.4, -0.2) is 33.9 Å². The Hall–Kier alpha value is -2.21. The fourth-order valence-corrected chi connectivity index (χ4v) is 2.95. The third-order valence-electron chi connectivity index (χ3n) is 4.00. The van der Waals surface area contributed by atoms with Crippen LogP contribution in [0.2, 0.25) is 0 Å². The van der Waals surface area contributed by atoms with Crippen molar-refractivity contribution in [3.8, 4) is 5.69 Å². The van der Waals surface area contributed by atoms with E-state index in [4.69, 9.17) is 4.74 Å². The van der Waals surface area contributed by atoms with Crippen LogP contribution in [0, 0.1) is 5.82 Å². The number of hydrogen-bond donors (Lipinski definition) is 1. The molecule has 6 heteroatoms. The molecule has 1 amide bonds. The third-order valence-corrected chi connectivity index (χ3v) is 4.00. The molecule has 1 saturated heterocycles. The van der Waals surface area contributed by atoms with E-state index in [9.17, 15) is 9.18 Å². The number of carbonyl (C=O) groups excluding carboxylic acids is 1. The van der Waals surface area contributed by atoms with Gasteiger partial charge in [0.25, 0.3) is 5.91 Å². The summed E-state index contributed by atoms with van der Waals surface area (Å²) >= 11 is 0. The van der Waals surface area contributed by atoms with Gasteiger partial charge in [-0.2, -0.15) is 5.10 Å². The zero-order chi connectivity index (χ0) is 16.4. The van der Waals surface area contributed by atoms with Gasteiger partial charge >= 0.3 is 0 Å². The third kappa shape index (κ3) is 3.42. The maximum absolute atomic E-state index is 14.3. The van der Waals surface area contributed by atoms with Crippen molar-refractivity contribution in [1.29, 1.82) is 0 Å². The van der Waals surface area contributed by atoms with Crippen LogP contribution in [-0.2, 0) is 4.74 Å². The Morgan fingerprint density at radius 3 is 2.96 bits per heavy atom. The topological polar surface area (TPSA) is 56.2 Å². The fraction of sp³-hybridized carbons (Fsp3) is 0.412. The molecule has 1 aliphatic heterocycles. The van der Waals surface area contributed by atoms with Crippen LogP contribution >= 0.6 is 0 Å². The summed E-state index contributed by atoms with van der Waals surface area (Å²) in [7, 11) is 0. The van der Waals surface area contributed by atoms with Crippen molar-refractivity contribution in [3.63, 3.8) is 0 Å². The molecule has 1 atom stereocenters. The smallest absolute Gasteiger partial charge is 0.256 e.